The molecule has 0 bridgehead atoms. The molecule has 26 heavy (non-hydrogen) atoms. The Bertz CT molecular complexity index is 714. The minimum Gasteiger partial charge on any atom is -0.493 e. The summed E-state index contributed by atoms with van der Waals surface area (Å²) < 4.78 is 5.71. The first-order valence-corrected chi connectivity index (χ1v) is 9.34. The normalized spacial score (nSPS) is 10.8. The zero-order valence-corrected chi connectivity index (χ0v) is 16.5. The largest absolute Gasteiger partial charge is 0.493 e. The molecule has 0 unspecified atom stereocenters. The van der Waals surface area contributed by atoms with E-state index in [1.54, 1.807) is 0 Å². The average Bonchev–Trinajstić information content (AvgIpc) is 2.59. The van der Waals surface area contributed by atoms with E-state index in [1.807, 2.05) is 25.1 Å². The highest BCUT2D eigenvalue weighted by Gasteiger charge is 2.04. The summed E-state index contributed by atoms with van der Waals surface area (Å²) in [6.07, 6.45) is 1.13. The van der Waals surface area contributed by atoms with Crippen molar-refractivity contribution >= 4 is 17.5 Å². The molecule has 0 aliphatic carbocycles. The standard InChI is InChI=1S/C21H27ClN2O2/c1-16-13-19(22)10-11-20(16)26-12-4-5-21(25)23-14-17-6-8-18(9-7-17)15-24(2)3/h6-11,13H,4-5,12,14-15H2,1-3H3,(H,23,25)/p+1. The Labute approximate surface area is 161 Å². The predicted molar refractivity (Wildman–Crippen MR) is 106 cm³/mol. The highest BCUT2D eigenvalue weighted by Crippen LogP contribution is 2.21. The molecule has 0 aliphatic rings. The lowest BCUT2D eigenvalue weighted by atomic mass is 10.1. The zero-order chi connectivity index (χ0) is 18.9. The molecule has 2 N–H and O–H groups in total. The molecule has 0 atom stereocenters. The quantitative estimate of drug-likeness (QED) is 0.662. The van der Waals surface area contributed by atoms with Gasteiger partial charge in [0.25, 0.3) is 0 Å². The van der Waals surface area contributed by atoms with Crippen LogP contribution in [0.25, 0.3) is 0 Å². The molecule has 140 valence electrons. The Hall–Kier alpha value is -2.04. The number of quaternary nitrogens is 1. The topological polar surface area (TPSA) is 42.8 Å². The summed E-state index contributed by atoms with van der Waals surface area (Å²) in [7, 11) is 4.26. The molecule has 0 heterocycles. The van der Waals surface area contributed by atoms with E-state index in [9.17, 15) is 4.79 Å². The lowest BCUT2D eigenvalue weighted by Crippen LogP contribution is -3.04. The number of halogens is 1. The maximum Gasteiger partial charge on any atom is 0.220 e. The molecule has 0 saturated carbocycles. The summed E-state index contributed by atoms with van der Waals surface area (Å²) in [4.78, 5) is 13.4. The summed E-state index contributed by atoms with van der Waals surface area (Å²) in [5.41, 5.74) is 3.42. The van der Waals surface area contributed by atoms with Gasteiger partial charge in [-0.3, -0.25) is 4.79 Å². The first kappa shape index (κ1) is 20.3. The fourth-order valence-electron chi connectivity index (χ4n) is 2.66. The van der Waals surface area contributed by atoms with E-state index in [2.05, 4.69) is 43.7 Å². The van der Waals surface area contributed by atoms with E-state index in [0.717, 1.165) is 23.4 Å². The number of carbonyl (C=O) groups is 1. The van der Waals surface area contributed by atoms with Crippen LogP contribution in [-0.2, 0) is 17.9 Å². The fraction of sp³-hybridized carbons (Fsp3) is 0.381. The smallest absolute Gasteiger partial charge is 0.220 e. The number of carbonyl (C=O) groups excluding carboxylic acids is 1. The van der Waals surface area contributed by atoms with Crippen LogP contribution in [-0.4, -0.2) is 26.6 Å². The number of ether oxygens (including phenoxy) is 1. The van der Waals surface area contributed by atoms with Crippen molar-refractivity contribution in [2.75, 3.05) is 20.7 Å². The van der Waals surface area contributed by atoms with E-state index >= 15 is 0 Å². The molecule has 0 spiro atoms. The zero-order valence-electron chi connectivity index (χ0n) is 15.8. The second kappa shape index (κ2) is 10.2. The van der Waals surface area contributed by atoms with Crippen molar-refractivity contribution in [3.05, 3.63) is 64.2 Å². The summed E-state index contributed by atoms with van der Waals surface area (Å²) in [5.74, 6) is 0.859. The van der Waals surface area contributed by atoms with Crippen molar-refractivity contribution in [3.8, 4) is 5.75 Å². The molecule has 0 radical (unpaired) electrons. The molecule has 5 heteroatoms. The van der Waals surface area contributed by atoms with Gasteiger partial charge in [-0.15, -0.1) is 0 Å². The van der Waals surface area contributed by atoms with Gasteiger partial charge >= 0.3 is 0 Å². The van der Waals surface area contributed by atoms with Crippen LogP contribution in [0.3, 0.4) is 0 Å². The summed E-state index contributed by atoms with van der Waals surface area (Å²) in [6, 6.07) is 13.9. The molecule has 2 aromatic carbocycles. The minimum atomic E-state index is 0.0447. The van der Waals surface area contributed by atoms with E-state index in [4.69, 9.17) is 16.3 Å². The number of nitrogens with one attached hydrogen (secondary N) is 2. The average molecular weight is 376 g/mol. The van der Waals surface area contributed by atoms with Gasteiger partial charge < -0.3 is 15.0 Å². The Balaban J connectivity index is 1.65. The van der Waals surface area contributed by atoms with Crippen molar-refractivity contribution in [3.63, 3.8) is 0 Å². The van der Waals surface area contributed by atoms with Crippen molar-refractivity contribution < 1.29 is 14.4 Å². The van der Waals surface area contributed by atoms with Crippen LogP contribution in [0.15, 0.2) is 42.5 Å². The third-order valence-corrected chi connectivity index (χ3v) is 4.25. The molecule has 2 aromatic rings. The van der Waals surface area contributed by atoms with Crippen LogP contribution in [0, 0.1) is 6.92 Å². The molecule has 0 aliphatic heterocycles. The van der Waals surface area contributed by atoms with Crippen LogP contribution >= 0.6 is 11.6 Å². The SMILES string of the molecule is Cc1cc(Cl)ccc1OCCCC(=O)NCc1ccc(C[NH+](C)C)cc1. The van der Waals surface area contributed by atoms with Gasteiger partial charge in [0.2, 0.25) is 5.91 Å². The molecule has 0 saturated heterocycles. The van der Waals surface area contributed by atoms with E-state index in [0.29, 0.717) is 31.0 Å². The van der Waals surface area contributed by atoms with Crippen LogP contribution in [0.2, 0.25) is 5.02 Å². The van der Waals surface area contributed by atoms with Gasteiger partial charge in [-0.1, -0.05) is 35.9 Å². The van der Waals surface area contributed by atoms with Crippen molar-refractivity contribution in [2.24, 2.45) is 0 Å². The van der Waals surface area contributed by atoms with Crippen LogP contribution in [0.5, 0.6) is 5.75 Å². The third kappa shape index (κ3) is 7.06. The maximum absolute atomic E-state index is 12.0. The van der Waals surface area contributed by atoms with Gasteiger partial charge in [0, 0.05) is 23.6 Å². The van der Waals surface area contributed by atoms with Crippen molar-refractivity contribution in [1.29, 1.82) is 0 Å². The highest BCUT2D eigenvalue weighted by molar-refractivity contribution is 6.30. The molecular formula is C21H28ClN2O2+. The van der Waals surface area contributed by atoms with Crippen LogP contribution in [0.1, 0.15) is 29.5 Å². The first-order chi connectivity index (χ1) is 12.4. The Morgan fingerprint density at radius 2 is 1.81 bits per heavy atom. The summed E-state index contributed by atoms with van der Waals surface area (Å²) in [5, 5.41) is 3.66. The lowest BCUT2D eigenvalue weighted by Gasteiger charge is -2.10. The molecule has 0 aromatic heterocycles. The third-order valence-electron chi connectivity index (χ3n) is 4.01. The van der Waals surface area contributed by atoms with E-state index in [-0.39, 0.29) is 5.91 Å². The monoisotopic (exact) mass is 375 g/mol. The van der Waals surface area contributed by atoms with Gasteiger partial charge in [-0.05, 0) is 42.7 Å². The Morgan fingerprint density at radius 1 is 1.12 bits per heavy atom. The number of amides is 1. The number of hydrogen-bond acceptors (Lipinski definition) is 2. The summed E-state index contributed by atoms with van der Waals surface area (Å²) in [6.45, 7) is 4.03. The Kier molecular flexibility index (Phi) is 7.95. The van der Waals surface area contributed by atoms with Gasteiger partial charge in [0.15, 0.2) is 0 Å². The van der Waals surface area contributed by atoms with Crippen molar-refractivity contribution in [1.82, 2.24) is 5.32 Å². The van der Waals surface area contributed by atoms with Gasteiger partial charge in [-0.2, -0.15) is 0 Å². The van der Waals surface area contributed by atoms with Gasteiger partial charge in [0.05, 0.1) is 20.7 Å². The van der Waals surface area contributed by atoms with Crippen LogP contribution < -0.4 is 15.0 Å². The molecule has 0 fully saturated rings. The first-order valence-electron chi connectivity index (χ1n) is 8.96. The molecular weight excluding hydrogens is 348 g/mol. The van der Waals surface area contributed by atoms with Gasteiger partial charge in [0.1, 0.15) is 12.3 Å². The van der Waals surface area contributed by atoms with Crippen molar-refractivity contribution in [2.45, 2.75) is 32.9 Å². The molecule has 1 amide bonds. The summed E-state index contributed by atoms with van der Waals surface area (Å²) >= 11 is 5.93. The highest BCUT2D eigenvalue weighted by atomic mass is 35.5. The maximum atomic E-state index is 12.0. The minimum absolute atomic E-state index is 0.0447. The second-order valence-corrected chi connectivity index (χ2v) is 7.28. The number of rotatable bonds is 9. The number of aryl methyl sites for hydroxylation is 1. The lowest BCUT2D eigenvalue weighted by molar-refractivity contribution is -0.872. The second-order valence-electron chi connectivity index (χ2n) is 6.84. The van der Waals surface area contributed by atoms with E-state index in [1.165, 1.54) is 10.5 Å². The van der Waals surface area contributed by atoms with E-state index < -0.39 is 0 Å². The Morgan fingerprint density at radius 3 is 2.46 bits per heavy atom. The molecule has 2 rings (SSSR count). The number of hydrogen-bond donors (Lipinski definition) is 2. The predicted octanol–water partition coefficient (Wildman–Crippen LogP) is 2.77. The van der Waals surface area contributed by atoms with Gasteiger partial charge in [-0.25, -0.2) is 0 Å². The molecule has 4 nitrogen and oxygen atoms in total. The number of benzene rings is 2. The van der Waals surface area contributed by atoms with Crippen LogP contribution in [0.4, 0.5) is 0 Å². The fourth-order valence-corrected chi connectivity index (χ4v) is 2.89.